The van der Waals surface area contributed by atoms with E-state index in [0.717, 1.165) is 31.2 Å². The molecule has 0 bridgehead atoms. The van der Waals surface area contributed by atoms with E-state index in [2.05, 4.69) is 15.4 Å². The van der Waals surface area contributed by atoms with Gasteiger partial charge in [-0.2, -0.15) is 5.10 Å². The number of amides is 2. The largest absolute Gasteiger partial charge is 0.474 e. The van der Waals surface area contributed by atoms with Crippen LogP contribution in [0.5, 0.6) is 5.88 Å². The number of nitrogens with two attached hydrogens (primary N) is 1. The first-order valence-electron chi connectivity index (χ1n) is 9.68. The van der Waals surface area contributed by atoms with E-state index >= 15 is 0 Å². The molecule has 1 spiro atoms. The summed E-state index contributed by atoms with van der Waals surface area (Å²) >= 11 is 0. The number of carbonyl (C=O) groups excluding carboxylic acids is 2. The number of rotatable bonds is 5. The summed E-state index contributed by atoms with van der Waals surface area (Å²) in [5.41, 5.74) is 7.29. The molecule has 0 aliphatic heterocycles. The third kappa shape index (κ3) is 3.10. The van der Waals surface area contributed by atoms with E-state index in [-0.39, 0.29) is 23.5 Å². The summed E-state index contributed by atoms with van der Waals surface area (Å²) in [4.78, 5) is 28.2. The second kappa shape index (κ2) is 6.58. The number of ether oxygens (including phenoxy) is 1. The number of aromatic nitrogens is 3. The van der Waals surface area contributed by atoms with Gasteiger partial charge in [0.25, 0.3) is 11.8 Å². The number of hydrogen-bond donors (Lipinski definition) is 2. The Morgan fingerprint density at radius 1 is 1.14 bits per heavy atom. The van der Waals surface area contributed by atoms with E-state index in [0.29, 0.717) is 17.0 Å². The normalized spacial score (nSPS) is 25.2. The third-order valence-electron chi connectivity index (χ3n) is 6.00. The quantitative estimate of drug-likeness (QED) is 0.690. The lowest BCUT2D eigenvalue weighted by molar-refractivity contribution is -0.0848. The van der Waals surface area contributed by atoms with Gasteiger partial charge in [0.1, 0.15) is 11.7 Å². The lowest BCUT2D eigenvalue weighted by Crippen LogP contribution is -2.58. The van der Waals surface area contributed by atoms with Gasteiger partial charge < -0.3 is 15.8 Å². The molecule has 3 aromatic rings. The van der Waals surface area contributed by atoms with Gasteiger partial charge in [0.05, 0.1) is 17.3 Å². The maximum absolute atomic E-state index is 12.6. The molecule has 0 saturated heterocycles. The van der Waals surface area contributed by atoms with Crippen LogP contribution in [-0.4, -0.2) is 38.6 Å². The van der Waals surface area contributed by atoms with Crippen LogP contribution in [0.1, 0.15) is 46.4 Å². The monoisotopic (exact) mass is 391 g/mol. The summed E-state index contributed by atoms with van der Waals surface area (Å²) in [5, 5.41) is 7.33. The highest BCUT2D eigenvalue weighted by Crippen LogP contribution is 2.56. The predicted octanol–water partition coefficient (Wildman–Crippen LogP) is 1.95. The van der Waals surface area contributed by atoms with Gasteiger partial charge in [-0.1, -0.05) is 6.07 Å². The van der Waals surface area contributed by atoms with Crippen molar-refractivity contribution in [2.45, 2.75) is 37.8 Å². The maximum Gasteiger partial charge on any atom is 0.255 e. The minimum Gasteiger partial charge on any atom is -0.474 e. The van der Waals surface area contributed by atoms with Gasteiger partial charge in [-0.25, -0.2) is 9.50 Å². The van der Waals surface area contributed by atoms with Crippen molar-refractivity contribution in [2.24, 2.45) is 11.1 Å². The Balaban J connectivity index is 1.15. The highest BCUT2D eigenvalue weighted by molar-refractivity contribution is 6.00. The van der Waals surface area contributed by atoms with Crippen molar-refractivity contribution in [3.8, 4) is 5.88 Å². The fraction of sp³-hybridized carbons (Fsp3) is 0.333. The Labute approximate surface area is 167 Å². The first-order valence-corrected chi connectivity index (χ1v) is 9.68. The summed E-state index contributed by atoms with van der Waals surface area (Å²) in [6.07, 6.45) is 8.70. The first kappa shape index (κ1) is 17.7. The standard InChI is InChI=1S/C21H21N5O3/c22-18(27)15-4-3-6-23-20(15)29-14-10-21(11-14)8-13(9-21)25-19(28)16-12-24-26-7-2-1-5-17(16)26/h1-7,12-14H,8-11H2,(H2,22,27)(H,25,28). The maximum atomic E-state index is 12.6. The molecule has 29 heavy (non-hydrogen) atoms. The van der Waals surface area contributed by atoms with Gasteiger partial charge in [-0.3, -0.25) is 9.59 Å². The summed E-state index contributed by atoms with van der Waals surface area (Å²) in [5.74, 6) is -0.323. The number of fused-ring (bicyclic) bond motifs is 1. The molecule has 0 aromatic carbocycles. The lowest BCUT2D eigenvalue weighted by Gasteiger charge is -2.57. The topological polar surface area (TPSA) is 112 Å². The zero-order chi connectivity index (χ0) is 20.0. The number of primary amides is 1. The molecule has 3 heterocycles. The molecule has 3 N–H and O–H groups in total. The summed E-state index contributed by atoms with van der Waals surface area (Å²) in [7, 11) is 0. The fourth-order valence-electron chi connectivity index (χ4n) is 4.61. The van der Waals surface area contributed by atoms with E-state index in [4.69, 9.17) is 10.5 Å². The average molecular weight is 391 g/mol. The van der Waals surface area contributed by atoms with Crippen molar-refractivity contribution in [3.05, 3.63) is 60.0 Å². The van der Waals surface area contributed by atoms with Crippen molar-refractivity contribution in [2.75, 3.05) is 0 Å². The highest BCUT2D eigenvalue weighted by atomic mass is 16.5. The van der Waals surface area contributed by atoms with Gasteiger partial charge in [0, 0.05) is 18.4 Å². The van der Waals surface area contributed by atoms with E-state index in [1.54, 1.807) is 29.0 Å². The lowest BCUT2D eigenvalue weighted by atomic mass is 9.53. The molecule has 0 atom stereocenters. The highest BCUT2D eigenvalue weighted by Gasteiger charge is 2.54. The zero-order valence-corrected chi connectivity index (χ0v) is 15.7. The SMILES string of the molecule is NC(=O)c1cccnc1OC1CC2(CC(NC(=O)c3cnn4ccccc34)C2)C1. The number of hydrogen-bond acceptors (Lipinski definition) is 5. The molecule has 2 aliphatic rings. The van der Waals surface area contributed by atoms with Crippen molar-refractivity contribution in [1.82, 2.24) is 19.9 Å². The second-order valence-electron chi connectivity index (χ2n) is 8.04. The molecule has 148 valence electrons. The molecular weight excluding hydrogens is 370 g/mol. The van der Waals surface area contributed by atoms with Gasteiger partial charge in [0.15, 0.2) is 0 Å². The summed E-state index contributed by atoms with van der Waals surface area (Å²) in [6.45, 7) is 0. The molecular formula is C21H21N5O3. The van der Waals surface area contributed by atoms with E-state index in [9.17, 15) is 9.59 Å². The van der Waals surface area contributed by atoms with Gasteiger partial charge in [-0.15, -0.1) is 0 Å². The van der Waals surface area contributed by atoms with Crippen LogP contribution in [-0.2, 0) is 0 Å². The van der Waals surface area contributed by atoms with Crippen LogP contribution in [0.15, 0.2) is 48.9 Å². The van der Waals surface area contributed by atoms with Gasteiger partial charge in [-0.05, 0) is 55.4 Å². The van der Waals surface area contributed by atoms with Crippen LogP contribution in [0.25, 0.3) is 5.52 Å². The van der Waals surface area contributed by atoms with Crippen molar-refractivity contribution in [1.29, 1.82) is 0 Å². The molecule has 2 aliphatic carbocycles. The third-order valence-corrected chi connectivity index (χ3v) is 6.00. The molecule has 2 saturated carbocycles. The Morgan fingerprint density at radius 2 is 1.97 bits per heavy atom. The number of nitrogens with zero attached hydrogens (tertiary/aromatic N) is 3. The van der Waals surface area contributed by atoms with E-state index < -0.39 is 5.91 Å². The van der Waals surface area contributed by atoms with Crippen LogP contribution < -0.4 is 15.8 Å². The minimum absolute atomic E-state index is 0.0271. The van der Waals surface area contributed by atoms with Crippen LogP contribution in [0, 0.1) is 5.41 Å². The smallest absolute Gasteiger partial charge is 0.255 e. The Hall–Kier alpha value is -3.42. The Bertz CT molecular complexity index is 1090. The average Bonchev–Trinajstić information content (AvgIpc) is 3.09. The second-order valence-corrected chi connectivity index (χ2v) is 8.04. The van der Waals surface area contributed by atoms with Crippen molar-refractivity contribution >= 4 is 17.3 Å². The summed E-state index contributed by atoms with van der Waals surface area (Å²) in [6, 6.07) is 9.11. The van der Waals surface area contributed by atoms with Crippen LogP contribution >= 0.6 is 0 Å². The zero-order valence-electron chi connectivity index (χ0n) is 15.7. The number of pyridine rings is 2. The number of nitrogens with one attached hydrogen (secondary N) is 1. The molecule has 3 aromatic heterocycles. The molecule has 8 nitrogen and oxygen atoms in total. The minimum atomic E-state index is -0.541. The molecule has 2 amide bonds. The van der Waals surface area contributed by atoms with E-state index in [1.165, 1.54) is 0 Å². The van der Waals surface area contributed by atoms with Gasteiger partial charge >= 0.3 is 0 Å². The Kier molecular flexibility index (Phi) is 4.01. The van der Waals surface area contributed by atoms with Crippen LogP contribution in [0.2, 0.25) is 0 Å². The van der Waals surface area contributed by atoms with Crippen molar-refractivity contribution < 1.29 is 14.3 Å². The molecule has 2 fully saturated rings. The number of carbonyl (C=O) groups is 2. The molecule has 0 unspecified atom stereocenters. The Morgan fingerprint density at radius 3 is 2.76 bits per heavy atom. The fourth-order valence-corrected chi connectivity index (χ4v) is 4.61. The van der Waals surface area contributed by atoms with Crippen LogP contribution in [0.3, 0.4) is 0 Å². The van der Waals surface area contributed by atoms with Gasteiger partial charge in [0.2, 0.25) is 5.88 Å². The predicted molar refractivity (Wildman–Crippen MR) is 105 cm³/mol. The first-order chi connectivity index (χ1) is 14.0. The van der Waals surface area contributed by atoms with E-state index in [1.807, 2.05) is 24.4 Å². The van der Waals surface area contributed by atoms with Crippen LogP contribution in [0.4, 0.5) is 0 Å². The van der Waals surface area contributed by atoms with Crippen molar-refractivity contribution in [3.63, 3.8) is 0 Å². The molecule has 8 heteroatoms. The molecule has 5 rings (SSSR count). The molecule has 0 radical (unpaired) electrons. The summed E-state index contributed by atoms with van der Waals surface area (Å²) < 4.78 is 7.58.